The molecule has 0 saturated heterocycles. The number of para-hydroxylation sites is 1. The zero-order valence-corrected chi connectivity index (χ0v) is 10.4. The summed E-state index contributed by atoms with van der Waals surface area (Å²) in [4.78, 5) is 12.5. The summed E-state index contributed by atoms with van der Waals surface area (Å²) in [5.74, 6) is 0.0525. The van der Waals surface area contributed by atoms with E-state index < -0.39 is 0 Å². The van der Waals surface area contributed by atoms with E-state index in [-0.39, 0.29) is 11.9 Å². The van der Waals surface area contributed by atoms with E-state index in [1.807, 2.05) is 42.6 Å². The molecule has 1 N–H and O–H groups in total. The number of fused-ring (bicyclic) bond motifs is 2. The molecule has 2 heterocycles. The van der Waals surface area contributed by atoms with Crippen molar-refractivity contribution in [3.05, 3.63) is 53.9 Å². The van der Waals surface area contributed by atoms with E-state index in [9.17, 15) is 4.79 Å². The molecule has 1 aliphatic rings. The number of anilines is 1. The molecule has 18 heavy (non-hydrogen) atoms. The monoisotopic (exact) mass is 240 g/mol. The topological polar surface area (TPSA) is 34.0 Å². The van der Waals surface area contributed by atoms with Crippen molar-refractivity contribution >= 4 is 11.6 Å². The second-order valence-corrected chi connectivity index (χ2v) is 4.64. The minimum Gasteiger partial charge on any atom is -0.376 e. The summed E-state index contributed by atoms with van der Waals surface area (Å²) < 4.78 is 1.76. The molecule has 1 aromatic heterocycles. The quantitative estimate of drug-likeness (QED) is 0.872. The minimum atomic E-state index is 0.0525. The highest BCUT2D eigenvalue weighted by Crippen LogP contribution is 2.31. The van der Waals surface area contributed by atoms with Crippen LogP contribution in [0, 0.1) is 0 Å². The van der Waals surface area contributed by atoms with Gasteiger partial charge in [-0.05, 0) is 30.7 Å². The summed E-state index contributed by atoms with van der Waals surface area (Å²) in [7, 11) is 0. The van der Waals surface area contributed by atoms with Gasteiger partial charge in [-0.3, -0.25) is 9.36 Å². The molecule has 0 aliphatic carbocycles. The van der Waals surface area contributed by atoms with Crippen LogP contribution in [0.1, 0.15) is 41.9 Å². The number of hydrogen-bond donors (Lipinski definition) is 1. The molecule has 3 nitrogen and oxygen atoms in total. The molecule has 1 aliphatic heterocycles. The van der Waals surface area contributed by atoms with Gasteiger partial charge < -0.3 is 5.32 Å². The van der Waals surface area contributed by atoms with Crippen LogP contribution < -0.4 is 5.32 Å². The van der Waals surface area contributed by atoms with E-state index in [0.29, 0.717) is 0 Å². The van der Waals surface area contributed by atoms with Crippen LogP contribution in [0.4, 0.5) is 5.69 Å². The fraction of sp³-hybridized carbons (Fsp3) is 0.267. The van der Waals surface area contributed by atoms with E-state index in [1.54, 1.807) is 4.57 Å². The minimum absolute atomic E-state index is 0.0525. The maximum absolute atomic E-state index is 12.5. The number of carbonyl (C=O) groups excluding carboxylic acids is 1. The first-order valence-corrected chi connectivity index (χ1v) is 6.38. The Morgan fingerprint density at radius 3 is 2.89 bits per heavy atom. The van der Waals surface area contributed by atoms with Gasteiger partial charge >= 0.3 is 0 Å². The Balaban J connectivity index is 2.15. The van der Waals surface area contributed by atoms with Crippen LogP contribution in [-0.2, 0) is 0 Å². The molecule has 3 heteroatoms. The van der Waals surface area contributed by atoms with Crippen LogP contribution in [0.5, 0.6) is 0 Å². The Morgan fingerprint density at radius 1 is 1.22 bits per heavy atom. The van der Waals surface area contributed by atoms with E-state index in [2.05, 4.69) is 12.2 Å². The van der Waals surface area contributed by atoms with Crippen LogP contribution in [0.25, 0.3) is 0 Å². The fourth-order valence-electron chi connectivity index (χ4n) is 2.56. The van der Waals surface area contributed by atoms with E-state index in [0.717, 1.165) is 29.8 Å². The van der Waals surface area contributed by atoms with Crippen LogP contribution in [0.15, 0.2) is 42.6 Å². The molecule has 0 radical (unpaired) electrons. The van der Waals surface area contributed by atoms with Crippen molar-refractivity contribution in [3.63, 3.8) is 0 Å². The first kappa shape index (κ1) is 11.1. The molecule has 1 atom stereocenters. The van der Waals surface area contributed by atoms with Gasteiger partial charge in [-0.15, -0.1) is 0 Å². The Hall–Kier alpha value is -2.03. The van der Waals surface area contributed by atoms with Crippen LogP contribution >= 0.6 is 0 Å². The maximum atomic E-state index is 12.5. The highest BCUT2D eigenvalue weighted by atomic mass is 16.2. The van der Waals surface area contributed by atoms with Gasteiger partial charge in [-0.25, -0.2) is 0 Å². The molecule has 1 unspecified atom stereocenters. The van der Waals surface area contributed by atoms with Crippen molar-refractivity contribution in [2.24, 2.45) is 0 Å². The van der Waals surface area contributed by atoms with Crippen molar-refractivity contribution in [1.82, 2.24) is 4.57 Å². The lowest BCUT2D eigenvalue weighted by Gasteiger charge is -2.17. The zero-order chi connectivity index (χ0) is 12.5. The van der Waals surface area contributed by atoms with Gasteiger partial charge in [-0.2, -0.15) is 0 Å². The molecule has 92 valence electrons. The average Bonchev–Trinajstić information content (AvgIpc) is 2.83. The van der Waals surface area contributed by atoms with Crippen molar-refractivity contribution < 1.29 is 4.79 Å². The Kier molecular flexibility index (Phi) is 2.67. The third-order valence-electron chi connectivity index (χ3n) is 3.42. The van der Waals surface area contributed by atoms with Gasteiger partial charge in [-0.1, -0.05) is 25.5 Å². The highest BCUT2D eigenvalue weighted by Gasteiger charge is 2.25. The average molecular weight is 240 g/mol. The summed E-state index contributed by atoms with van der Waals surface area (Å²) in [6.07, 6.45) is 3.95. The Labute approximate surface area is 106 Å². The SMILES string of the molecule is CCCC1Nc2ccccc2C(=O)n2cccc21. The van der Waals surface area contributed by atoms with Crippen LogP contribution in [0.3, 0.4) is 0 Å². The summed E-state index contributed by atoms with van der Waals surface area (Å²) >= 11 is 0. The molecular formula is C15H16N2O. The lowest BCUT2D eigenvalue weighted by Crippen LogP contribution is -2.14. The van der Waals surface area contributed by atoms with E-state index >= 15 is 0 Å². The molecule has 0 saturated carbocycles. The Morgan fingerprint density at radius 2 is 2.06 bits per heavy atom. The predicted molar refractivity (Wildman–Crippen MR) is 71.9 cm³/mol. The zero-order valence-electron chi connectivity index (χ0n) is 10.4. The third-order valence-corrected chi connectivity index (χ3v) is 3.42. The summed E-state index contributed by atoms with van der Waals surface area (Å²) in [5.41, 5.74) is 2.73. The fourth-order valence-corrected chi connectivity index (χ4v) is 2.56. The van der Waals surface area contributed by atoms with Gasteiger partial charge in [0.2, 0.25) is 0 Å². The largest absolute Gasteiger partial charge is 0.376 e. The second-order valence-electron chi connectivity index (χ2n) is 4.64. The summed E-state index contributed by atoms with van der Waals surface area (Å²) in [6, 6.07) is 11.9. The normalized spacial score (nSPS) is 17.6. The van der Waals surface area contributed by atoms with Gasteiger partial charge in [0, 0.05) is 17.6 Å². The molecule has 3 rings (SSSR count). The number of rotatable bonds is 2. The predicted octanol–water partition coefficient (Wildman–Crippen LogP) is 3.44. The van der Waals surface area contributed by atoms with Gasteiger partial charge in [0.25, 0.3) is 5.91 Å². The summed E-state index contributed by atoms with van der Waals surface area (Å²) in [6.45, 7) is 2.16. The van der Waals surface area contributed by atoms with Crippen molar-refractivity contribution in [2.75, 3.05) is 5.32 Å². The molecule has 2 aromatic rings. The molecule has 0 spiro atoms. The molecule has 0 amide bonds. The third kappa shape index (κ3) is 1.63. The number of nitrogens with zero attached hydrogens (tertiary/aromatic N) is 1. The lowest BCUT2D eigenvalue weighted by molar-refractivity contribution is 0.0959. The molecule has 0 bridgehead atoms. The number of carbonyl (C=O) groups is 1. The molecule has 0 fully saturated rings. The molecule has 1 aromatic carbocycles. The first-order chi connectivity index (χ1) is 8.81. The Bertz CT molecular complexity index is 586. The van der Waals surface area contributed by atoms with Crippen molar-refractivity contribution in [2.45, 2.75) is 25.8 Å². The first-order valence-electron chi connectivity index (χ1n) is 6.38. The van der Waals surface area contributed by atoms with Crippen LogP contribution in [-0.4, -0.2) is 10.5 Å². The van der Waals surface area contributed by atoms with Crippen LogP contribution in [0.2, 0.25) is 0 Å². The number of aromatic nitrogens is 1. The lowest BCUT2D eigenvalue weighted by atomic mass is 10.1. The maximum Gasteiger partial charge on any atom is 0.264 e. The standard InChI is InChI=1S/C15H16N2O/c1-2-6-13-14-9-5-10-17(14)15(18)11-7-3-4-8-12(11)16-13/h3-5,7-10,13,16H,2,6H2,1H3. The number of hydrogen-bond acceptors (Lipinski definition) is 2. The van der Waals surface area contributed by atoms with Crippen molar-refractivity contribution in [1.29, 1.82) is 0 Å². The summed E-state index contributed by atoms with van der Waals surface area (Å²) in [5, 5.41) is 3.49. The molecular weight excluding hydrogens is 224 g/mol. The smallest absolute Gasteiger partial charge is 0.264 e. The highest BCUT2D eigenvalue weighted by molar-refractivity contribution is 6.02. The second kappa shape index (κ2) is 4.33. The van der Waals surface area contributed by atoms with Gasteiger partial charge in [0.15, 0.2) is 0 Å². The van der Waals surface area contributed by atoms with Crippen molar-refractivity contribution in [3.8, 4) is 0 Å². The number of nitrogens with one attached hydrogen (secondary N) is 1. The van der Waals surface area contributed by atoms with E-state index in [4.69, 9.17) is 0 Å². The van der Waals surface area contributed by atoms with E-state index in [1.165, 1.54) is 0 Å². The van der Waals surface area contributed by atoms with Gasteiger partial charge in [0.1, 0.15) is 0 Å². The number of benzene rings is 1. The van der Waals surface area contributed by atoms with Gasteiger partial charge in [0.05, 0.1) is 11.6 Å².